The molecule has 0 spiro atoms. The number of thioether (sulfide) groups is 1. The molecular formula is C15H19FOS. The van der Waals surface area contributed by atoms with E-state index in [0.29, 0.717) is 5.56 Å². The highest BCUT2D eigenvalue weighted by atomic mass is 32.2. The molecule has 18 heavy (non-hydrogen) atoms. The van der Waals surface area contributed by atoms with E-state index in [1.54, 1.807) is 6.07 Å². The molecule has 1 nitrogen and oxygen atoms in total. The van der Waals surface area contributed by atoms with Gasteiger partial charge in [-0.25, -0.2) is 4.39 Å². The Kier molecular flexibility index (Phi) is 7.55. The quantitative estimate of drug-likeness (QED) is 0.627. The van der Waals surface area contributed by atoms with Crippen LogP contribution in [0.5, 0.6) is 0 Å². The first-order valence-corrected chi connectivity index (χ1v) is 7.38. The first-order chi connectivity index (χ1) is 8.76. The lowest BCUT2D eigenvalue weighted by Crippen LogP contribution is -1.88. The number of aliphatic hydroxyl groups excluding tert-OH is 1. The number of aliphatic hydroxyl groups is 1. The topological polar surface area (TPSA) is 20.2 Å². The molecule has 1 aromatic rings. The summed E-state index contributed by atoms with van der Waals surface area (Å²) in [6, 6.07) is 4.84. The molecular weight excluding hydrogens is 247 g/mol. The highest BCUT2D eigenvalue weighted by Crippen LogP contribution is 2.17. The van der Waals surface area contributed by atoms with Crippen LogP contribution >= 0.6 is 11.8 Å². The fraction of sp³-hybridized carbons (Fsp3) is 0.467. The molecule has 0 saturated heterocycles. The molecule has 0 amide bonds. The molecule has 98 valence electrons. The average molecular weight is 266 g/mol. The Bertz CT molecular complexity index is 420. The van der Waals surface area contributed by atoms with Crippen molar-refractivity contribution in [2.75, 3.05) is 12.4 Å². The molecule has 0 aliphatic carbocycles. The molecule has 0 radical (unpaired) electrons. The molecule has 0 bridgehead atoms. The van der Waals surface area contributed by atoms with Crippen molar-refractivity contribution in [3.8, 4) is 11.8 Å². The molecule has 0 saturated carbocycles. The first kappa shape index (κ1) is 15.1. The van der Waals surface area contributed by atoms with E-state index in [4.69, 9.17) is 5.11 Å². The van der Waals surface area contributed by atoms with Crippen LogP contribution in [0.1, 0.15) is 37.3 Å². The van der Waals surface area contributed by atoms with Gasteiger partial charge in [-0.15, -0.1) is 0 Å². The second-order valence-corrected chi connectivity index (χ2v) is 5.17. The van der Waals surface area contributed by atoms with Crippen LogP contribution in [-0.2, 0) is 5.75 Å². The Morgan fingerprint density at radius 3 is 2.83 bits per heavy atom. The minimum atomic E-state index is -0.260. The van der Waals surface area contributed by atoms with E-state index in [0.717, 1.165) is 17.1 Å². The number of halogens is 1. The van der Waals surface area contributed by atoms with Crippen LogP contribution in [-0.4, -0.2) is 17.5 Å². The highest BCUT2D eigenvalue weighted by Gasteiger charge is 2.00. The molecule has 0 aliphatic heterocycles. The Morgan fingerprint density at radius 2 is 2.11 bits per heavy atom. The van der Waals surface area contributed by atoms with Crippen molar-refractivity contribution >= 4 is 11.8 Å². The summed E-state index contributed by atoms with van der Waals surface area (Å²) in [6.07, 6.45) is 3.69. The predicted octanol–water partition coefficient (Wildman–Crippen LogP) is 3.59. The number of unbranched alkanes of at least 4 members (excludes halogenated alkanes) is 2. The van der Waals surface area contributed by atoms with Gasteiger partial charge in [0.2, 0.25) is 0 Å². The molecule has 0 unspecified atom stereocenters. The van der Waals surface area contributed by atoms with Crippen molar-refractivity contribution in [3.63, 3.8) is 0 Å². The minimum Gasteiger partial charge on any atom is -0.384 e. The fourth-order valence-electron chi connectivity index (χ4n) is 1.59. The van der Waals surface area contributed by atoms with Gasteiger partial charge in [-0.1, -0.05) is 31.6 Å². The van der Waals surface area contributed by atoms with Gasteiger partial charge >= 0.3 is 0 Å². The lowest BCUT2D eigenvalue weighted by Gasteiger charge is -2.03. The second-order valence-electron chi connectivity index (χ2n) is 4.07. The van der Waals surface area contributed by atoms with E-state index in [9.17, 15) is 4.39 Å². The van der Waals surface area contributed by atoms with Crippen molar-refractivity contribution in [1.29, 1.82) is 0 Å². The molecule has 0 aliphatic rings. The Morgan fingerprint density at radius 1 is 1.28 bits per heavy atom. The SMILES string of the molecule is CCCCCSCc1cc(F)cc(C#CCO)c1. The summed E-state index contributed by atoms with van der Waals surface area (Å²) in [5.74, 6) is 6.94. The van der Waals surface area contributed by atoms with Gasteiger partial charge in [-0.2, -0.15) is 11.8 Å². The van der Waals surface area contributed by atoms with Crippen molar-refractivity contribution in [3.05, 3.63) is 35.1 Å². The van der Waals surface area contributed by atoms with E-state index in [2.05, 4.69) is 18.8 Å². The summed E-state index contributed by atoms with van der Waals surface area (Å²) in [5, 5.41) is 8.62. The summed E-state index contributed by atoms with van der Waals surface area (Å²) in [4.78, 5) is 0. The third-order valence-corrected chi connectivity index (χ3v) is 3.55. The number of rotatable bonds is 6. The van der Waals surface area contributed by atoms with Gasteiger partial charge in [0.1, 0.15) is 12.4 Å². The van der Waals surface area contributed by atoms with Gasteiger partial charge in [0.25, 0.3) is 0 Å². The standard InChI is InChI=1S/C15H19FOS/c1-2-3-4-8-18-12-14-9-13(6-5-7-17)10-15(16)11-14/h9-11,17H,2-4,7-8,12H2,1H3. The monoisotopic (exact) mass is 266 g/mol. The Balaban J connectivity index is 2.52. The molecule has 1 N–H and O–H groups in total. The lowest BCUT2D eigenvalue weighted by atomic mass is 10.1. The molecule has 0 aromatic heterocycles. The lowest BCUT2D eigenvalue weighted by molar-refractivity contribution is 0.350. The van der Waals surface area contributed by atoms with Crippen LogP contribution in [0.2, 0.25) is 0 Å². The van der Waals surface area contributed by atoms with Gasteiger partial charge in [-0.3, -0.25) is 0 Å². The van der Waals surface area contributed by atoms with Gasteiger partial charge in [0.05, 0.1) is 0 Å². The van der Waals surface area contributed by atoms with Crippen molar-refractivity contribution < 1.29 is 9.50 Å². The largest absolute Gasteiger partial charge is 0.384 e. The number of hydrogen-bond acceptors (Lipinski definition) is 2. The normalized spacial score (nSPS) is 9.94. The second kappa shape index (κ2) is 9.02. The van der Waals surface area contributed by atoms with E-state index in [1.807, 2.05) is 17.8 Å². The van der Waals surface area contributed by atoms with Crippen LogP contribution in [0.3, 0.4) is 0 Å². The predicted molar refractivity (Wildman–Crippen MR) is 76.1 cm³/mol. The van der Waals surface area contributed by atoms with Gasteiger partial charge in [-0.05, 0) is 35.9 Å². The summed E-state index contributed by atoms with van der Waals surface area (Å²) in [5.41, 5.74) is 1.59. The number of benzene rings is 1. The van der Waals surface area contributed by atoms with E-state index in [1.165, 1.54) is 25.3 Å². The van der Waals surface area contributed by atoms with Crippen molar-refractivity contribution in [1.82, 2.24) is 0 Å². The molecule has 1 aromatic carbocycles. The summed E-state index contributed by atoms with van der Waals surface area (Å²) in [6.45, 7) is 1.99. The van der Waals surface area contributed by atoms with Gasteiger partial charge < -0.3 is 5.11 Å². The third-order valence-electron chi connectivity index (χ3n) is 2.43. The zero-order valence-corrected chi connectivity index (χ0v) is 11.5. The zero-order valence-electron chi connectivity index (χ0n) is 10.7. The molecule has 0 atom stereocenters. The van der Waals surface area contributed by atoms with E-state index < -0.39 is 0 Å². The number of hydrogen-bond donors (Lipinski definition) is 1. The smallest absolute Gasteiger partial charge is 0.124 e. The summed E-state index contributed by atoms with van der Waals surface area (Å²) >= 11 is 1.82. The van der Waals surface area contributed by atoms with Gasteiger partial charge in [0.15, 0.2) is 0 Å². The van der Waals surface area contributed by atoms with Crippen LogP contribution in [0.15, 0.2) is 18.2 Å². The average Bonchev–Trinajstić information content (AvgIpc) is 2.35. The van der Waals surface area contributed by atoms with Crippen LogP contribution in [0, 0.1) is 17.7 Å². The van der Waals surface area contributed by atoms with Gasteiger partial charge in [0, 0.05) is 11.3 Å². The molecule has 3 heteroatoms. The van der Waals surface area contributed by atoms with Crippen LogP contribution < -0.4 is 0 Å². The van der Waals surface area contributed by atoms with Crippen LogP contribution in [0.25, 0.3) is 0 Å². The maximum absolute atomic E-state index is 13.3. The fourth-order valence-corrected chi connectivity index (χ4v) is 2.55. The maximum atomic E-state index is 13.3. The molecule has 1 rings (SSSR count). The van der Waals surface area contributed by atoms with Crippen molar-refractivity contribution in [2.45, 2.75) is 31.9 Å². The third kappa shape index (κ3) is 6.09. The highest BCUT2D eigenvalue weighted by molar-refractivity contribution is 7.98. The van der Waals surface area contributed by atoms with E-state index >= 15 is 0 Å². The van der Waals surface area contributed by atoms with E-state index in [-0.39, 0.29) is 12.4 Å². The first-order valence-electron chi connectivity index (χ1n) is 6.23. The Labute approximate surface area is 113 Å². The van der Waals surface area contributed by atoms with Crippen molar-refractivity contribution in [2.24, 2.45) is 0 Å². The molecule has 0 heterocycles. The summed E-state index contributed by atoms with van der Waals surface area (Å²) in [7, 11) is 0. The molecule has 0 fully saturated rings. The zero-order chi connectivity index (χ0) is 13.2. The Hall–Kier alpha value is -0.980. The minimum absolute atomic E-state index is 0.197. The summed E-state index contributed by atoms with van der Waals surface area (Å²) < 4.78 is 13.3. The maximum Gasteiger partial charge on any atom is 0.124 e. The van der Waals surface area contributed by atoms with Crippen LogP contribution in [0.4, 0.5) is 4.39 Å².